The Balaban J connectivity index is 2.67. The molecule has 1 aromatic rings. The Morgan fingerprint density at radius 3 is 2.71 bits per heavy atom. The molecular formula is C12H13FO. The summed E-state index contributed by atoms with van der Waals surface area (Å²) < 4.78 is 13.6. The fourth-order valence-electron chi connectivity index (χ4n) is 2.18. The van der Waals surface area contributed by atoms with Gasteiger partial charge >= 0.3 is 0 Å². The van der Waals surface area contributed by atoms with Crippen LogP contribution in [0.1, 0.15) is 31.4 Å². The van der Waals surface area contributed by atoms with Gasteiger partial charge in [-0.1, -0.05) is 12.1 Å². The lowest BCUT2D eigenvalue weighted by Crippen LogP contribution is -2.35. The summed E-state index contributed by atoms with van der Waals surface area (Å²) in [6, 6.07) is 5.05. The zero-order valence-electron chi connectivity index (χ0n) is 8.43. The van der Waals surface area contributed by atoms with Crippen molar-refractivity contribution in [2.45, 2.75) is 32.1 Å². The number of Topliss-reactive ketones (excluding diaryl/α,β-unsaturated/α-hetero) is 1. The first-order chi connectivity index (χ1) is 6.53. The van der Waals surface area contributed by atoms with Gasteiger partial charge in [-0.05, 0) is 31.9 Å². The number of aryl methyl sites for hydroxylation is 1. The lowest BCUT2D eigenvalue weighted by atomic mass is 9.71. The number of hydrogen-bond acceptors (Lipinski definition) is 1. The van der Waals surface area contributed by atoms with Gasteiger partial charge < -0.3 is 0 Å². The molecule has 0 aliphatic heterocycles. The predicted molar refractivity (Wildman–Crippen MR) is 52.8 cm³/mol. The maximum atomic E-state index is 13.6. The van der Waals surface area contributed by atoms with Crippen molar-refractivity contribution in [3.8, 4) is 0 Å². The van der Waals surface area contributed by atoms with E-state index in [9.17, 15) is 9.18 Å². The normalized spacial score (nSPS) is 19.2. The zero-order valence-corrected chi connectivity index (χ0v) is 8.43. The zero-order chi connectivity index (χ0) is 10.3. The monoisotopic (exact) mass is 192 g/mol. The van der Waals surface area contributed by atoms with Gasteiger partial charge in [0.25, 0.3) is 0 Å². The predicted octanol–water partition coefficient (Wildman–Crippen LogP) is 2.62. The van der Waals surface area contributed by atoms with E-state index in [2.05, 4.69) is 0 Å². The molecule has 0 atom stereocenters. The maximum absolute atomic E-state index is 13.6. The summed E-state index contributed by atoms with van der Waals surface area (Å²) in [5, 5.41) is 0. The van der Waals surface area contributed by atoms with E-state index in [-0.39, 0.29) is 11.6 Å². The molecule has 1 nitrogen and oxygen atoms in total. The molecule has 74 valence electrons. The molecule has 0 radical (unpaired) electrons. The quantitative estimate of drug-likeness (QED) is 0.617. The molecule has 0 unspecified atom stereocenters. The van der Waals surface area contributed by atoms with Crippen molar-refractivity contribution < 1.29 is 9.18 Å². The molecule has 0 N–H and O–H groups in total. The summed E-state index contributed by atoms with van der Waals surface area (Å²) in [5.41, 5.74) is 0.921. The van der Waals surface area contributed by atoms with E-state index < -0.39 is 5.41 Å². The second-order valence-electron chi connectivity index (χ2n) is 4.32. The van der Waals surface area contributed by atoms with Crippen molar-refractivity contribution in [3.05, 3.63) is 35.1 Å². The van der Waals surface area contributed by atoms with E-state index in [1.807, 2.05) is 6.07 Å². The van der Waals surface area contributed by atoms with Gasteiger partial charge in [0, 0.05) is 12.0 Å². The fraction of sp³-hybridized carbons (Fsp3) is 0.417. The summed E-state index contributed by atoms with van der Waals surface area (Å²) in [6.45, 7) is 3.60. The van der Waals surface area contributed by atoms with Crippen LogP contribution in [-0.4, -0.2) is 5.78 Å². The summed E-state index contributed by atoms with van der Waals surface area (Å²) in [4.78, 5) is 11.7. The Bertz CT molecular complexity index is 393. The highest BCUT2D eigenvalue weighted by molar-refractivity contribution is 5.91. The van der Waals surface area contributed by atoms with Crippen LogP contribution in [0.5, 0.6) is 0 Å². The Kier molecular flexibility index (Phi) is 1.95. The smallest absolute Gasteiger partial charge is 0.143 e. The average Bonchev–Trinajstić information content (AvgIpc) is 2.11. The van der Waals surface area contributed by atoms with Crippen molar-refractivity contribution in [3.63, 3.8) is 0 Å². The third-order valence-electron chi connectivity index (χ3n) is 3.04. The summed E-state index contributed by atoms with van der Waals surface area (Å²) in [5.74, 6) is -0.115. The van der Waals surface area contributed by atoms with Crippen LogP contribution in [0, 0.1) is 5.82 Å². The van der Waals surface area contributed by atoms with Gasteiger partial charge in [0.05, 0.1) is 5.41 Å². The first kappa shape index (κ1) is 9.38. The molecule has 0 spiro atoms. The Morgan fingerprint density at radius 2 is 2.00 bits per heavy atom. The van der Waals surface area contributed by atoms with E-state index in [4.69, 9.17) is 0 Å². The van der Waals surface area contributed by atoms with E-state index in [1.165, 1.54) is 6.07 Å². The van der Waals surface area contributed by atoms with E-state index >= 15 is 0 Å². The van der Waals surface area contributed by atoms with Gasteiger partial charge in [0.2, 0.25) is 0 Å². The molecule has 0 saturated heterocycles. The third kappa shape index (κ3) is 1.17. The topological polar surface area (TPSA) is 17.1 Å². The number of carbonyl (C=O) groups is 1. The molecule has 0 heterocycles. The van der Waals surface area contributed by atoms with Crippen LogP contribution in [0.3, 0.4) is 0 Å². The van der Waals surface area contributed by atoms with E-state index in [0.29, 0.717) is 18.4 Å². The number of halogens is 1. The van der Waals surface area contributed by atoms with Gasteiger partial charge in [-0.3, -0.25) is 4.79 Å². The van der Waals surface area contributed by atoms with Gasteiger partial charge in [-0.2, -0.15) is 0 Å². The van der Waals surface area contributed by atoms with Crippen molar-refractivity contribution in [2.75, 3.05) is 0 Å². The Hall–Kier alpha value is -1.18. The highest BCUT2D eigenvalue weighted by atomic mass is 19.1. The number of fused-ring (bicyclic) bond motifs is 1. The van der Waals surface area contributed by atoms with Gasteiger partial charge in [-0.15, -0.1) is 0 Å². The van der Waals surface area contributed by atoms with E-state index in [0.717, 1.165) is 5.56 Å². The number of hydrogen-bond donors (Lipinski definition) is 0. The highest BCUT2D eigenvalue weighted by Crippen LogP contribution is 2.35. The SMILES string of the molecule is CC1(C)C(=O)CCc2cccc(F)c21. The Labute approximate surface area is 82.9 Å². The second kappa shape index (κ2) is 2.91. The van der Waals surface area contributed by atoms with Gasteiger partial charge in [0.1, 0.15) is 11.6 Å². The molecule has 1 aliphatic rings. The molecule has 1 aromatic carbocycles. The van der Waals surface area contributed by atoms with E-state index in [1.54, 1.807) is 19.9 Å². The van der Waals surface area contributed by atoms with Crippen molar-refractivity contribution in [2.24, 2.45) is 0 Å². The average molecular weight is 192 g/mol. The molecule has 0 aromatic heterocycles. The number of benzene rings is 1. The van der Waals surface area contributed by atoms with Crippen LogP contribution in [0.2, 0.25) is 0 Å². The minimum Gasteiger partial charge on any atom is -0.299 e. The molecule has 14 heavy (non-hydrogen) atoms. The Morgan fingerprint density at radius 1 is 1.29 bits per heavy atom. The molecule has 2 rings (SSSR count). The fourth-order valence-corrected chi connectivity index (χ4v) is 2.18. The summed E-state index contributed by atoms with van der Waals surface area (Å²) in [6.07, 6.45) is 1.21. The minimum absolute atomic E-state index is 0.134. The minimum atomic E-state index is -0.654. The molecule has 0 fully saturated rings. The van der Waals surface area contributed by atoms with Crippen LogP contribution in [-0.2, 0) is 16.6 Å². The third-order valence-corrected chi connectivity index (χ3v) is 3.04. The number of ketones is 1. The largest absolute Gasteiger partial charge is 0.299 e. The molecule has 0 bridgehead atoms. The van der Waals surface area contributed by atoms with Crippen LogP contribution in [0.15, 0.2) is 18.2 Å². The standard InChI is InChI=1S/C12H13FO/c1-12(2)10(14)7-6-8-4-3-5-9(13)11(8)12/h3-5H,6-7H2,1-2H3. The first-order valence-electron chi connectivity index (χ1n) is 4.84. The lowest BCUT2D eigenvalue weighted by molar-refractivity contribution is -0.124. The number of carbonyl (C=O) groups excluding carboxylic acids is 1. The molecule has 0 saturated carbocycles. The molecule has 0 amide bonds. The van der Waals surface area contributed by atoms with Crippen LogP contribution < -0.4 is 0 Å². The molecular weight excluding hydrogens is 179 g/mol. The highest BCUT2D eigenvalue weighted by Gasteiger charge is 2.37. The maximum Gasteiger partial charge on any atom is 0.143 e. The van der Waals surface area contributed by atoms with Crippen LogP contribution in [0.25, 0.3) is 0 Å². The number of rotatable bonds is 0. The molecule has 2 heteroatoms. The lowest BCUT2D eigenvalue weighted by Gasteiger charge is -2.31. The first-order valence-corrected chi connectivity index (χ1v) is 4.84. The summed E-state index contributed by atoms with van der Waals surface area (Å²) in [7, 11) is 0. The van der Waals surface area contributed by atoms with Crippen molar-refractivity contribution in [1.29, 1.82) is 0 Å². The van der Waals surface area contributed by atoms with Crippen molar-refractivity contribution >= 4 is 5.78 Å². The summed E-state index contributed by atoms with van der Waals surface area (Å²) >= 11 is 0. The van der Waals surface area contributed by atoms with Gasteiger partial charge in [-0.25, -0.2) is 4.39 Å². The van der Waals surface area contributed by atoms with Crippen LogP contribution in [0.4, 0.5) is 4.39 Å². The van der Waals surface area contributed by atoms with Gasteiger partial charge in [0.15, 0.2) is 0 Å². The second-order valence-corrected chi connectivity index (χ2v) is 4.32. The van der Waals surface area contributed by atoms with Crippen molar-refractivity contribution in [1.82, 2.24) is 0 Å². The van der Waals surface area contributed by atoms with Crippen LogP contribution >= 0.6 is 0 Å². The molecule has 1 aliphatic carbocycles.